The molecule has 142 valence electrons. The summed E-state index contributed by atoms with van der Waals surface area (Å²) in [5, 5.41) is 5.68. The molecule has 0 aliphatic carbocycles. The van der Waals surface area contributed by atoms with E-state index in [1.165, 1.54) is 0 Å². The molecule has 1 aliphatic heterocycles. The Hall–Kier alpha value is -2.18. The summed E-state index contributed by atoms with van der Waals surface area (Å²) in [6.45, 7) is 1.51. The third kappa shape index (κ3) is 4.39. The molecule has 6 heteroatoms. The van der Waals surface area contributed by atoms with Crippen LogP contribution in [0.4, 0.5) is 0 Å². The molecule has 1 fully saturated rings. The van der Waals surface area contributed by atoms with Crippen LogP contribution in [0.5, 0.6) is 0 Å². The van der Waals surface area contributed by atoms with Gasteiger partial charge in [-0.25, -0.2) is 0 Å². The van der Waals surface area contributed by atoms with Crippen LogP contribution >= 0.6 is 15.9 Å². The van der Waals surface area contributed by atoms with Gasteiger partial charge in [-0.3, -0.25) is 9.59 Å². The maximum atomic E-state index is 13.2. The van der Waals surface area contributed by atoms with Gasteiger partial charge in [-0.1, -0.05) is 40.2 Å². The van der Waals surface area contributed by atoms with Crippen molar-refractivity contribution in [2.45, 2.75) is 24.8 Å². The molecule has 0 radical (unpaired) electrons. The Morgan fingerprint density at radius 2 is 1.81 bits per heavy atom. The first-order valence-corrected chi connectivity index (χ1v) is 9.77. The maximum absolute atomic E-state index is 13.2. The predicted molar refractivity (Wildman–Crippen MR) is 108 cm³/mol. The second-order valence-corrected chi connectivity index (χ2v) is 7.58. The molecule has 2 amide bonds. The predicted octanol–water partition coefficient (Wildman–Crippen LogP) is 3.17. The first-order chi connectivity index (χ1) is 13.0. The SMILES string of the molecule is CNC(=O)c1cccc(CNC(=O)C2(c3ccc(Br)cc3)CCOCC2)c1. The summed E-state index contributed by atoms with van der Waals surface area (Å²) in [6, 6.07) is 15.2. The largest absolute Gasteiger partial charge is 0.381 e. The number of carbonyl (C=O) groups excluding carboxylic acids is 2. The Kier molecular flexibility index (Phi) is 6.29. The summed E-state index contributed by atoms with van der Waals surface area (Å²) in [4.78, 5) is 25.0. The van der Waals surface area contributed by atoms with Crippen molar-refractivity contribution in [3.05, 3.63) is 69.7 Å². The van der Waals surface area contributed by atoms with Crippen molar-refractivity contribution in [2.75, 3.05) is 20.3 Å². The van der Waals surface area contributed by atoms with Gasteiger partial charge in [-0.15, -0.1) is 0 Å². The van der Waals surface area contributed by atoms with E-state index in [1.54, 1.807) is 19.2 Å². The van der Waals surface area contributed by atoms with Crippen LogP contribution in [0.1, 0.15) is 34.3 Å². The molecule has 1 aliphatic rings. The highest BCUT2D eigenvalue weighted by molar-refractivity contribution is 9.10. The zero-order valence-electron chi connectivity index (χ0n) is 15.3. The minimum absolute atomic E-state index is 0.00142. The summed E-state index contributed by atoms with van der Waals surface area (Å²) >= 11 is 3.45. The van der Waals surface area contributed by atoms with Crippen LogP contribution in [0.15, 0.2) is 53.0 Å². The third-order valence-corrected chi connectivity index (χ3v) is 5.58. The number of benzene rings is 2. The van der Waals surface area contributed by atoms with E-state index in [-0.39, 0.29) is 11.8 Å². The van der Waals surface area contributed by atoms with Crippen LogP contribution in [-0.4, -0.2) is 32.1 Å². The van der Waals surface area contributed by atoms with Gasteiger partial charge in [0.25, 0.3) is 5.91 Å². The van der Waals surface area contributed by atoms with Crippen LogP contribution in [0.25, 0.3) is 0 Å². The lowest BCUT2D eigenvalue weighted by Gasteiger charge is -2.36. The van der Waals surface area contributed by atoms with Gasteiger partial charge in [0.2, 0.25) is 5.91 Å². The number of halogens is 1. The van der Waals surface area contributed by atoms with E-state index in [9.17, 15) is 9.59 Å². The Labute approximate surface area is 167 Å². The third-order valence-electron chi connectivity index (χ3n) is 5.05. The van der Waals surface area contributed by atoms with Crippen molar-refractivity contribution in [3.8, 4) is 0 Å². The molecule has 0 unspecified atom stereocenters. The van der Waals surface area contributed by atoms with E-state index in [1.807, 2.05) is 36.4 Å². The average molecular weight is 431 g/mol. The molecule has 0 saturated carbocycles. The standard InChI is InChI=1S/C21H23BrN2O3/c1-23-19(25)16-4-2-3-15(13-16)14-24-20(26)21(9-11-27-12-10-21)17-5-7-18(22)8-6-17/h2-8,13H,9-12,14H2,1H3,(H,23,25)(H,24,26). The van der Waals surface area contributed by atoms with Crippen LogP contribution in [0.2, 0.25) is 0 Å². The lowest BCUT2D eigenvalue weighted by molar-refractivity contribution is -0.130. The normalized spacial score (nSPS) is 15.8. The van der Waals surface area contributed by atoms with Crippen molar-refractivity contribution in [1.82, 2.24) is 10.6 Å². The molecule has 2 aromatic carbocycles. The Balaban J connectivity index is 1.77. The van der Waals surface area contributed by atoms with Gasteiger partial charge < -0.3 is 15.4 Å². The number of rotatable bonds is 5. The maximum Gasteiger partial charge on any atom is 0.251 e. The highest BCUT2D eigenvalue weighted by atomic mass is 79.9. The van der Waals surface area contributed by atoms with E-state index in [0.29, 0.717) is 38.2 Å². The van der Waals surface area contributed by atoms with Gasteiger partial charge in [-0.2, -0.15) is 0 Å². The molecule has 0 spiro atoms. The topological polar surface area (TPSA) is 67.4 Å². The van der Waals surface area contributed by atoms with E-state index in [4.69, 9.17) is 4.74 Å². The molecule has 27 heavy (non-hydrogen) atoms. The van der Waals surface area contributed by atoms with Gasteiger partial charge in [0.15, 0.2) is 0 Å². The number of carbonyl (C=O) groups is 2. The van der Waals surface area contributed by atoms with E-state index < -0.39 is 5.41 Å². The highest BCUT2D eigenvalue weighted by Crippen LogP contribution is 2.35. The smallest absolute Gasteiger partial charge is 0.251 e. The molecule has 0 atom stereocenters. The molecule has 5 nitrogen and oxygen atoms in total. The number of nitrogens with one attached hydrogen (secondary N) is 2. The minimum Gasteiger partial charge on any atom is -0.381 e. The molecule has 2 N–H and O–H groups in total. The summed E-state index contributed by atoms with van der Waals surface area (Å²) in [5.41, 5.74) is 1.89. The van der Waals surface area contributed by atoms with E-state index in [0.717, 1.165) is 15.6 Å². The van der Waals surface area contributed by atoms with Crippen LogP contribution in [0.3, 0.4) is 0 Å². The number of ether oxygens (including phenoxy) is 1. The molecule has 0 bridgehead atoms. The number of hydrogen-bond acceptors (Lipinski definition) is 3. The summed E-state index contributed by atoms with van der Waals surface area (Å²) in [6.07, 6.45) is 1.30. The monoisotopic (exact) mass is 430 g/mol. The molecule has 1 heterocycles. The lowest BCUT2D eigenvalue weighted by atomic mass is 9.73. The van der Waals surface area contributed by atoms with Crippen molar-refractivity contribution >= 4 is 27.7 Å². The van der Waals surface area contributed by atoms with Gasteiger partial charge in [0.05, 0.1) is 5.41 Å². The number of hydrogen-bond donors (Lipinski definition) is 2. The Bertz CT molecular complexity index is 814. The van der Waals surface area contributed by atoms with E-state index >= 15 is 0 Å². The summed E-state index contributed by atoms with van der Waals surface area (Å²) in [7, 11) is 1.60. The average Bonchev–Trinajstić information content (AvgIpc) is 2.72. The highest BCUT2D eigenvalue weighted by Gasteiger charge is 2.41. The van der Waals surface area contributed by atoms with Crippen molar-refractivity contribution in [3.63, 3.8) is 0 Å². The second-order valence-electron chi connectivity index (χ2n) is 6.66. The first-order valence-electron chi connectivity index (χ1n) is 8.98. The Morgan fingerprint density at radius 3 is 2.48 bits per heavy atom. The van der Waals surface area contributed by atoms with Crippen LogP contribution in [-0.2, 0) is 21.5 Å². The zero-order valence-corrected chi connectivity index (χ0v) is 16.8. The van der Waals surface area contributed by atoms with Crippen molar-refractivity contribution in [1.29, 1.82) is 0 Å². The van der Waals surface area contributed by atoms with Crippen molar-refractivity contribution in [2.24, 2.45) is 0 Å². The van der Waals surface area contributed by atoms with Gasteiger partial charge in [0.1, 0.15) is 0 Å². The van der Waals surface area contributed by atoms with Crippen LogP contribution < -0.4 is 10.6 Å². The minimum atomic E-state index is -0.586. The zero-order chi connectivity index (χ0) is 19.3. The van der Waals surface area contributed by atoms with Crippen molar-refractivity contribution < 1.29 is 14.3 Å². The second kappa shape index (κ2) is 8.67. The molecular formula is C21H23BrN2O3. The molecular weight excluding hydrogens is 408 g/mol. The molecule has 2 aromatic rings. The molecule has 3 rings (SSSR count). The van der Waals surface area contributed by atoms with Gasteiger partial charge in [0, 0.05) is 36.8 Å². The fraction of sp³-hybridized carbons (Fsp3) is 0.333. The summed E-state index contributed by atoms with van der Waals surface area (Å²) in [5.74, 6) is -0.141. The Morgan fingerprint density at radius 1 is 1.11 bits per heavy atom. The van der Waals surface area contributed by atoms with Crippen LogP contribution in [0, 0.1) is 0 Å². The molecule has 1 saturated heterocycles. The van der Waals surface area contributed by atoms with E-state index in [2.05, 4.69) is 26.6 Å². The lowest BCUT2D eigenvalue weighted by Crippen LogP contribution is -2.47. The number of amides is 2. The fourth-order valence-electron chi connectivity index (χ4n) is 3.45. The summed E-state index contributed by atoms with van der Waals surface area (Å²) < 4.78 is 6.49. The molecule has 0 aromatic heterocycles. The first kappa shape index (κ1) is 19.6. The fourth-order valence-corrected chi connectivity index (χ4v) is 3.72. The van der Waals surface area contributed by atoms with Gasteiger partial charge in [-0.05, 0) is 48.2 Å². The van der Waals surface area contributed by atoms with Gasteiger partial charge >= 0.3 is 0 Å². The quantitative estimate of drug-likeness (QED) is 0.765.